The van der Waals surface area contributed by atoms with E-state index in [0.717, 1.165) is 0 Å². The van der Waals surface area contributed by atoms with Gasteiger partial charge in [0, 0.05) is 5.92 Å². The zero-order chi connectivity index (χ0) is 10.8. The van der Waals surface area contributed by atoms with Gasteiger partial charge >= 0.3 is 58.4 Å². The Labute approximate surface area is 129 Å². The van der Waals surface area contributed by atoms with Crippen LogP contribution in [0, 0.1) is 5.92 Å². The number of likely N-dealkylation sites (tertiary alicyclic amines) is 1. The van der Waals surface area contributed by atoms with Crippen LogP contribution in [0.25, 0.3) is 0 Å². The molecule has 1 aliphatic rings. The zero-order valence-electron chi connectivity index (χ0n) is 8.76. The summed E-state index contributed by atoms with van der Waals surface area (Å²) in [6.07, 6.45) is 0.0640. The van der Waals surface area contributed by atoms with E-state index in [0.29, 0.717) is 25.9 Å². The predicted molar refractivity (Wildman–Crippen MR) is 47.4 cm³/mol. The number of hydrogen-bond acceptors (Lipinski definition) is 2. The normalized spacial score (nSPS) is 19.7. The molecule has 0 atom stereocenters. The standard InChI is InChI=1S/C7H13BF3N2O.K/c9-8(10,11)5-13-3-1-6(2-4-13)7(12)14;/h6H,1-5H2,(H2,12,14);/q-1;+1. The van der Waals surface area contributed by atoms with Crippen molar-refractivity contribution in [3.8, 4) is 0 Å². The molecule has 1 amide bonds. The van der Waals surface area contributed by atoms with Crippen molar-refractivity contribution < 1.29 is 69.1 Å². The van der Waals surface area contributed by atoms with Gasteiger partial charge in [-0.25, -0.2) is 0 Å². The van der Waals surface area contributed by atoms with Crippen molar-refractivity contribution >= 4 is 12.9 Å². The molecule has 0 spiro atoms. The SMILES string of the molecule is NC(=O)C1CCN(C[B-](F)(F)F)CC1.[K+]. The van der Waals surface area contributed by atoms with Crippen molar-refractivity contribution in [2.24, 2.45) is 11.7 Å². The van der Waals surface area contributed by atoms with Gasteiger partial charge < -0.3 is 23.6 Å². The van der Waals surface area contributed by atoms with Crippen LogP contribution in [0.3, 0.4) is 0 Å². The Hall–Kier alpha value is 0.921. The van der Waals surface area contributed by atoms with Crippen molar-refractivity contribution in [1.82, 2.24) is 4.90 Å². The summed E-state index contributed by atoms with van der Waals surface area (Å²) in [5.74, 6) is -0.644. The average Bonchev–Trinajstić information content (AvgIpc) is 2.02. The first-order chi connectivity index (χ1) is 6.38. The van der Waals surface area contributed by atoms with E-state index in [1.807, 2.05) is 0 Å². The van der Waals surface area contributed by atoms with Gasteiger partial charge in [-0.1, -0.05) is 0 Å². The Morgan fingerprint density at radius 2 is 1.80 bits per heavy atom. The van der Waals surface area contributed by atoms with Crippen LogP contribution in [-0.2, 0) is 4.79 Å². The first kappa shape index (κ1) is 15.9. The predicted octanol–water partition coefficient (Wildman–Crippen LogP) is -2.43. The summed E-state index contributed by atoms with van der Waals surface area (Å²) in [6.45, 7) is -4.12. The minimum Gasteiger partial charge on any atom is -0.448 e. The molecule has 0 aromatic rings. The number of rotatable bonds is 3. The second-order valence-electron chi connectivity index (χ2n) is 3.69. The first-order valence-corrected chi connectivity index (χ1v) is 4.61. The van der Waals surface area contributed by atoms with Gasteiger partial charge in [-0.15, -0.1) is 0 Å². The van der Waals surface area contributed by atoms with Crippen LogP contribution in [0.5, 0.6) is 0 Å². The van der Waals surface area contributed by atoms with Crippen LogP contribution >= 0.6 is 0 Å². The van der Waals surface area contributed by atoms with Crippen molar-refractivity contribution in [1.29, 1.82) is 0 Å². The van der Waals surface area contributed by atoms with E-state index in [4.69, 9.17) is 5.73 Å². The summed E-state index contributed by atoms with van der Waals surface area (Å²) in [5.41, 5.74) is 5.06. The van der Waals surface area contributed by atoms with Gasteiger partial charge in [0.15, 0.2) is 0 Å². The summed E-state index contributed by atoms with van der Waals surface area (Å²) >= 11 is 0. The molecule has 0 bridgehead atoms. The van der Waals surface area contributed by atoms with Crippen molar-refractivity contribution in [2.45, 2.75) is 12.8 Å². The van der Waals surface area contributed by atoms with Crippen LogP contribution in [0.2, 0.25) is 0 Å². The average molecular weight is 248 g/mol. The molecule has 1 saturated heterocycles. The van der Waals surface area contributed by atoms with Crippen molar-refractivity contribution in [2.75, 3.05) is 19.5 Å². The fourth-order valence-corrected chi connectivity index (χ4v) is 1.69. The maximum atomic E-state index is 12.0. The number of nitrogens with zero attached hydrogens (tertiary/aromatic N) is 1. The Kier molecular flexibility index (Phi) is 7.01. The number of nitrogens with two attached hydrogens (primary N) is 1. The maximum absolute atomic E-state index is 12.0. The van der Waals surface area contributed by atoms with Gasteiger partial charge in [-0.2, -0.15) is 0 Å². The molecular formula is C7H13BF3KN2O. The minimum atomic E-state index is -4.75. The van der Waals surface area contributed by atoms with Gasteiger partial charge in [-0.3, -0.25) is 4.79 Å². The van der Waals surface area contributed by atoms with Crippen molar-refractivity contribution in [3.63, 3.8) is 0 Å². The Morgan fingerprint density at radius 1 is 1.33 bits per heavy atom. The molecule has 3 nitrogen and oxygen atoms in total. The number of hydrogen-bond donors (Lipinski definition) is 1. The van der Waals surface area contributed by atoms with Crippen LogP contribution in [0.4, 0.5) is 12.9 Å². The fourth-order valence-electron chi connectivity index (χ4n) is 1.69. The Bertz CT molecular complexity index is 219. The van der Waals surface area contributed by atoms with Gasteiger partial charge in [0.1, 0.15) is 0 Å². The van der Waals surface area contributed by atoms with E-state index < -0.39 is 19.3 Å². The number of piperidine rings is 1. The van der Waals surface area contributed by atoms with E-state index in [1.54, 1.807) is 0 Å². The molecule has 0 saturated carbocycles. The van der Waals surface area contributed by atoms with E-state index in [2.05, 4.69) is 0 Å². The molecule has 8 heteroatoms. The van der Waals surface area contributed by atoms with Crippen LogP contribution < -0.4 is 57.1 Å². The number of amides is 1. The third-order valence-corrected chi connectivity index (χ3v) is 2.46. The molecule has 1 heterocycles. The third-order valence-electron chi connectivity index (χ3n) is 2.46. The number of halogens is 3. The molecule has 82 valence electrons. The largest absolute Gasteiger partial charge is 1.00 e. The molecule has 0 unspecified atom stereocenters. The topological polar surface area (TPSA) is 46.3 Å². The van der Waals surface area contributed by atoms with E-state index in [9.17, 15) is 17.7 Å². The molecule has 0 aliphatic carbocycles. The smallest absolute Gasteiger partial charge is 0.448 e. The maximum Gasteiger partial charge on any atom is 1.00 e. The molecule has 2 N–H and O–H groups in total. The summed E-state index contributed by atoms with van der Waals surface area (Å²) in [4.78, 5) is 12.1. The number of primary amides is 1. The second-order valence-corrected chi connectivity index (χ2v) is 3.69. The molecule has 0 aromatic carbocycles. The molecular weight excluding hydrogens is 235 g/mol. The molecule has 0 radical (unpaired) electrons. The third kappa shape index (κ3) is 6.28. The second kappa shape index (κ2) is 6.61. The van der Waals surface area contributed by atoms with Crippen LogP contribution in [0.15, 0.2) is 0 Å². The van der Waals surface area contributed by atoms with Gasteiger partial charge in [0.05, 0.1) is 0 Å². The molecule has 1 fully saturated rings. The summed E-state index contributed by atoms with van der Waals surface area (Å²) in [6, 6.07) is 0. The zero-order valence-corrected chi connectivity index (χ0v) is 11.9. The molecule has 15 heavy (non-hydrogen) atoms. The molecule has 1 aliphatic heterocycles. The number of carbonyl (C=O) groups excluding carboxylic acids is 1. The first-order valence-electron chi connectivity index (χ1n) is 4.61. The monoisotopic (exact) mass is 248 g/mol. The minimum absolute atomic E-state index is 0. The van der Waals surface area contributed by atoms with E-state index >= 15 is 0 Å². The van der Waals surface area contributed by atoms with Gasteiger partial charge in [-0.05, 0) is 32.4 Å². The van der Waals surface area contributed by atoms with Gasteiger partial charge in [0.2, 0.25) is 5.91 Å². The summed E-state index contributed by atoms with van der Waals surface area (Å²) in [5, 5.41) is 0. The van der Waals surface area contributed by atoms with Gasteiger partial charge in [0.25, 0.3) is 0 Å². The van der Waals surface area contributed by atoms with E-state index in [-0.39, 0.29) is 57.3 Å². The number of carbonyl (C=O) groups is 1. The van der Waals surface area contributed by atoms with E-state index in [1.165, 1.54) is 4.90 Å². The van der Waals surface area contributed by atoms with Crippen molar-refractivity contribution in [3.05, 3.63) is 0 Å². The van der Waals surface area contributed by atoms with Crippen LogP contribution in [-0.4, -0.2) is 37.3 Å². The van der Waals surface area contributed by atoms with Crippen LogP contribution in [0.1, 0.15) is 12.8 Å². The quantitative estimate of drug-likeness (QED) is 0.565. The Balaban J connectivity index is 0.00000196. The fraction of sp³-hybridized carbons (Fsp3) is 0.857. The molecule has 0 aromatic heterocycles. The molecule has 1 rings (SSSR count). The summed E-state index contributed by atoms with van der Waals surface area (Å²) in [7, 11) is 0. The summed E-state index contributed by atoms with van der Waals surface area (Å²) < 4.78 is 36.1. The Morgan fingerprint density at radius 3 is 2.13 bits per heavy atom.